The maximum absolute atomic E-state index is 12.3. The molecule has 1 aliphatic heterocycles. The number of nitrogens with zero attached hydrogens (tertiary/aromatic N) is 1. The van der Waals surface area contributed by atoms with Gasteiger partial charge in [-0.1, -0.05) is 13.0 Å². The number of carbonyl (C=O) groups is 1. The normalized spacial score (nSPS) is 20.1. The molecule has 2 heterocycles. The van der Waals surface area contributed by atoms with E-state index < -0.39 is 5.60 Å². The van der Waals surface area contributed by atoms with Gasteiger partial charge in [-0.2, -0.15) is 11.3 Å². The van der Waals surface area contributed by atoms with Crippen LogP contribution in [0.15, 0.2) is 22.9 Å². The van der Waals surface area contributed by atoms with Gasteiger partial charge in [0.05, 0.1) is 5.70 Å². The molecular weight excluding hydrogens is 258 g/mol. The predicted molar refractivity (Wildman–Crippen MR) is 79.0 cm³/mol. The molecule has 0 fully saturated rings. The van der Waals surface area contributed by atoms with E-state index in [9.17, 15) is 4.79 Å². The Labute approximate surface area is 118 Å². The van der Waals surface area contributed by atoms with Gasteiger partial charge in [-0.05, 0) is 44.6 Å². The van der Waals surface area contributed by atoms with Crippen molar-refractivity contribution in [2.75, 3.05) is 6.54 Å². The maximum Gasteiger partial charge on any atom is 0.414 e. The van der Waals surface area contributed by atoms with E-state index in [1.54, 1.807) is 16.2 Å². The average Bonchev–Trinajstić information content (AvgIpc) is 2.80. The van der Waals surface area contributed by atoms with E-state index in [2.05, 4.69) is 18.4 Å². The van der Waals surface area contributed by atoms with Crippen LogP contribution in [0, 0.1) is 5.92 Å². The lowest BCUT2D eigenvalue weighted by molar-refractivity contribution is 0.0327. The molecule has 0 saturated heterocycles. The highest BCUT2D eigenvalue weighted by Gasteiger charge is 2.29. The zero-order valence-corrected chi connectivity index (χ0v) is 12.8. The molecule has 1 aromatic heterocycles. The smallest absolute Gasteiger partial charge is 0.414 e. The molecule has 2 rings (SSSR count). The number of ether oxygens (including phenoxy) is 1. The second-order valence-electron chi connectivity index (χ2n) is 6.03. The minimum atomic E-state index is -0.461. The summed E-state index contributed by atoms with van der Waals surface area (Å²) in [6, 6.07) is 2.05. The molecule has 104 valence electrons. The Balaban J connectivity index is 2.23. The summed E-state index contributed by atoms with van der Waals surface area (Å²) in [5.74, 6) is 0.468. The quantitative estimate of drug-likeness (QED) is 0.764. The second kappa shape index (κ2) is 5.37. The van der Waals surface area contributed by atoms with Gasteiger partial charge in [-0.3, -0.25) is 4.90 Å². The van der Waals surface area contributed by atoms with Gasteiger partial charge < -0.3 is 4.74 Å². The summed E-state index contributed by atoms with van der Waals surface area (Å²) in [7, 11) is 0. The molecule has 1 amide bonds. The first-order valence-corrected chi connectivity index (χ1v) is 7.54. The third-order valence-corrected chi connectivity index (χ3v) is 3.61. The van der Waals surface area contributed by atoms with Gasteiger partial charge in [0, 0.05) is 17.5 Å². The third kappa shape index (κ3) is 3.60. The van der Waals surface area contributed by atoms with Crippen LogP contribution in [0.1, 0.15) is 39.7 Å². The van der Waals surface area contributed by atoms with Crippen LogP contribution in [0.4, 0.5) is 4.79 Å². The van der Waals surface area contributed by atoms with Gasteiger partial charge in [0.15, 0.2) is 0 Å². The molecular formula is C15H21NO2S. The molecule has 0 N–H and O–H groups in total. The van der Waals surface area contributed by atoms with Gasteiger partial charge >= 0.3 is 6.09 Å². The van der Waals surface area contributed by atoms with Crippen LogP contribution in [0.5, 0.6) is 0 Å². The Morgan fingerprint density at radius 2 is 2.21 bits per heavy atom. The highest BCUT2D eigenvalue weighted by atomic mass is 32.1. The van der Waals surface area contributed by atoms with E-state index in [-0.39, 0.29) is 6.09 Å². The lowest BCUT2D eigenvalue weighted by Crippen LogP contribution is -2.39. The van der Waals surface area contributed by atoms with Crippen LogP contribution in [0.3, 0.4) is 0 Å². The van der Waals surface area contributed by atoms with E-state index in [0.29, 0.717) is 5.92 Å². The second-order valence-corrected chi connectivity index (χ2v) is 6.81. The van der Waals surface area contributed by atoms with Crippen molar-refractivity contribution in [3.63, 3.8) is 0 Å². The maximum atomic E-state index is 12.3. The van der Waals surface area contributed by atoms with Crippen LogP contribution < -0.4 is 0 Å². The molecule has 0 saturated carbocycles. The monoisotopic (exact) mass is 279 g/mol. The molecule has 0 aromatic carbocycles. The van der Waals surface area contributed by atoms with Crippen molar-refractivity contribution in [2.45, 2.75) is 39.7 Å². The first-order valence-electron chi connectivity index (χ1n) is 6.60. The zero-order valence-electron chi connectivity index (χ0n) is 12.0. The number of carbonyl (C=O) groups excluding carboxylic acids is 1. The SMILES string of the molecule is CC1CC=C(c2ccsc2)N(C(=O)OC(C)(C)C)C1. The minimum Gasteiger partial charge on any atom is -0.443 e. The van der Waals surface area contributed by atoms with Gasteiger partial charge in [-0.25, -0.2) is 4.79 Å². The van der Waals surface area contributed by atoms with Gasteiger partial charge in [0.2, 0.25) is 0 Å². The van der Waals surface area contributed by atoms with Crippen molar-refractivity contribution >= 4 is 23.1 Å². The van der Waals surface area contributed by atoms with E-state index >= 15 is 0 Å². The Morgan fingerprint density at radius 1 is 1.47 bits per heavy atom. The Bertz CT molecular complexity index is 471. The topological polar surface area (TPSA) is 29.5 Å². The fraction of sp³-hybridized carbons (Fsp3) is 0.533. The summed E-state index contributed by atoms with van der Waals surface area (Å²) in [5, 5.41) is 4.10. The van der Waals surface area contributed by atoms with E-state index in [4.69, 9.17) is 4.74 Å². The summed E-state index contributed by atoms with van der Waals surface area (Å²) in [6.45, 7) is 8.56. The lowest BCUT2D eigenvalue weighted by Gasteiger charge is -2.33. The molecule has 1 unspecified atom stereocenters. The molecule has 1 atom stereocenters. The number of thiophene rings is 1. The van der Waals surface area contributed by atoms with E-state index in [1.807, 2.05) is 32.2 Å². The van der Waals surface area contributed by atoms with Gasteiger partial charge in [0.1, 0.15) is 5.60 Å². The van der Waals surface area contributed by atoms with Crippen LogP contribution in [0.2, 0.25) is 0 Å². The highest BCUT2D eigenvalue weighted by Crippen LogP contribution is 2.30. The summed E-state index contributed by atoms with van der Waals surface area (Å²) >= 11 is 1.64. The lowest BCUT2D eigenvalue weighted by atomic mass is 10.00. The van der Waals surface area contributed by atoms with Crippen molar-refractivity contribution < 1.29 is 9.53 Å². The summed E-state index contributed by atoms with van der Waals surface area (Å²) in [4.78, 5) is 14.1. The molecule has 0 aliphatic carbocycles. The number of allylic oxidation sites excluding steroid dienone is 1. The largest absolute Gasteiger partial charge is 0.443 e. The zero-order chi connectivity index (χ0) is 14.0. The Kier molecular flexibility index (Phi) is 3.99. The van der Waals surface area contributed by atoms with E-state index in [0.717, 1.165) is 24.2 Å². The van der Waals surface area contributed by atoms with Crippen LogP contribution in [0.25, 0.3) is 5.70 Å². The van der Waals surface area contributed by atoms with E-state index in [1.165, 1.54) is 0 Å². The van der Waals surface area contributed by atoms with Crippen molar-refractivity contribution in [1.29, 1.82) is 0 Å². The summed E-state index contributed by atoms with van der Waals surface area (Å²) in [6.07, 6.45) is 2.89. The first-order chi connectivity index (χ1) is 8.87. The number of hydrogen-bond donors (Lipinski definition) is 0. The first kappa shape index (κ1) is 14.1. The van der Waals surface area contributed by atoms with Gasteiger partial charge in [-0.15, -0.1) is 0 Å². The molecule has 1 aromatic rings. The molecule has 0 spiro atoms. The molecule has 19 heavy (non-hydrogen) atoms. The average molecular weight is 279 g/mol. The third-order valence-electron chi connectivity index (χ3n) is 2.93. The van der Waals surface area contributed by atoms with Crippen LogP contribution in [-0.4, -0.2) is 23.1 Å². The van der Waals surface area contributed by atoms with Crippen molar-refractivity contribution in [3.05, 3.63) is 28.5 Å². The molecule has 3 nitrogen and oxygen atoms in total. The number of rotatable bonds is 1. The number of amides is 1. The molecule has 0 bridgehead atoms. The molecule has 1 aliphatic rings. The molecule has 0 radical (unpaired) electrons. The Morgan fingerprint density at radius 3 is 2.79 bits per heavy atom. The van der Waals surface area contributed by atoms with Crippen LogP contribution in [-0.2, 0) is 4.74 Å². The fourth-order valence-corrected chi connectivity index (χ4v) is 2.73. The van der Waals surface area contributed by atoms with Crippen molar-refractivity contribution in [1.82, 2.24) is 4.90 Å². The minimum absolute atomic E-state index is 0.253. The Hall–Kier alpha value is -1.29. The standard InChI is InChI=1S/C15H21NO2S/c1-11-5-6-13(12-7-8-19-10-12)16(9-11)14(17)18-15(2,3)4/h6-8,10-11H,5,9H2,1-4H3. The number of hydrogen-bond acceptors (Lipinski definition) is 3. The summed E-state index contributed by atoms with van der Waals surface area (Å²) < 4.78 is 5.50. The highest BCUT2D eigenvalue weighted by molar-refractivity contribution is 7.08. The van der Waals surface area contributed by atoms with Gasteiger partial charge in [0.25, 0.3) is 0 Å². The van der Waals surface area contributed by atoms with Crippen molar-refractivity contribution in [2.24, 2.45) is 5.92 Å². The fourth-order valence-electron chi connectivity index (χ4n) is 2.08. The summed E-state index contributed by atoms with van der Waals surface area (Å²) in [5.41, 5.74) is 1.62. The van der Waals surface area contributed by atoms with Crippen molar-refractivity contribution in [3.8, 4) is 0 Å². The van der Waals surface area contributed by atoms with Crippen LogP contribution >= 0.6 is 11.3 Å². The molecule has 4 heteroatoms. The predicted octanol–water partition coefficient (Wildman–Crippen LogP) is 4.37.